The number of imide groups is 1. The van der Waals surface area contributed by atoms with Crippen molar-refractivity contribution < 1.29 is 19.1 Å². The molecule has 0 aromatic heterocycles. The summed E-state index contributed by atoms with van der Waals surface area (Å²) in [5.74, 6) is 0.222. The number of rotatable bonds is 5. The number of methoxy groups -OCH3 is 2. The molecule has 0 radical (unpaired) electrons. The molecule has 144 valence electrons. The molecule has 8 nitrogen and oxygen atoms in total. The predicted octanol–water partition coefficient (Wildman–Crippen LogP) is 2.51. The Morgan fingerprint density at radius 1 is 1.00 bits per heavy atom. The van der Waals surface area contributed by atoms with Gasteiger partial charge in [-0.1, -0.05) is 35.1 Å². The first-order valence-corrected chi connectivity index (χ1v) is 8.86. The van der Waals surface area contributed by atoms with Crippen molar-refractivity contribution in [1.82, 2.24) is 5.01 Å². The second-order valence-electron chi connectivity index (χ2n) is 6.73. The van der Waals surface area contributed by atoms with Crippen molar-refractivity contribution in [3.8, 4) is 11.5 Å². The summed E-state index contributed by atoms with van der Waals surface area (Å²) < 4.78 is 10.5. The Kier molecular flexibility index (Phi) is 4.46. The zero-order valence-corrected chi connectivity index (χ0v) is 15.8. The molecule has 0 aliphatic carbocycles. The number of carbonyl (C=O) groups excluding carboxylic acids is 2. The van der Waals surface area contributed by atoms with Crippen molar-refractivity contribution in [3.63, 3.8) is 0 Å². The minimum atomic E-state index is -0.828. The normalized spacial score (nSPS) is 20.7. The van der Waals surface area contributed by atoms with Gasteiger partial charge in [-0.05, 0) is 24.6 Å². The number of hydrogen-bond donors (Lipinski definition) is 0. The van der Waals surface area contributed by atoms with Crippen LogP contribution >= 0.6 is 0 Å². The largest absolute Gasteiger partial charge is 0.493 e. The van der Waals surface area contributed by atoms with E-state index in [2.05, 4.69) is 10.3 Å². The third-order valence-electron chi connectivity index (χ3n) is 4.91. The third kappa shape index (κ3) is 2.87. The lowest BCUT2D eigenvalue weighted by molar-refractivity contribution is -0.123. The van der Waals surface area contributed by atoms with Crippen molar-refractivity contribution in [2.24, 2.45) is 10.3 Å². The molecule has 2 aromatic rings. The molecule has 2 amide bonds. The summed E-state index contributed by atoms with van der Waals surface area (Å²) in [6, 6.07) is 11.3. The number of nitrogens with zero attached hydrogens (tertiary/aromatic N) is 4. The Labute approximate surface area is 162 Å². The Hall–Kier alpha value is -3.42. The van der Waals surface area contributed by atoms with Crippen LogP contribution in [0.15, 0.2) is 52.8 Å². The van der Waals surface area contributed by atoms with E-state index < -0.39 is 18.0 Å². The van der Waals surface area contributed by atoms with E-state index in [1.165, 1.54) is 14.2 Å². The Balaban J connectivity index is 1.61. The molecule has 0 bridgehead atoms. The number of hydrogen-bond acceptors (Lipinski definition) is 7. The monoisotopic (exact) mass is 380 g/mol. The van der Waals surface area contributed by atoms with Crippen molar-refractivity contribution in [2.75, 3.05) is 19.1 Å². The van der Waals surface area contributed by atoms with Crippen LogP contribution < -0.4 is 14.4 Å². The predicted molar refractivity (Wildman–Crippen MR) is 101 cm³/mol. The summed E-state index contributed by atoms with van der Waals surface area (Å²) in [4.78, 5) is 27.1. The summed E-state index contributed by atoms with van der Waals surface area (Å²) in [6.45, 7) is 2.41. The maximum atomic E-state index is 13.1. The summed E-state index contributed by atoms with van der Waals surface area (Å²) in [5, 5.41) is 9.73. The van der Waals surface area contributed by atoms with Crippen molar-refractivity contribution >= 4 is 17.5 Å². The van der Waals surface area contributed by atoms with Crippen LogP contribution in [0.1, 0.15) is 11.1 Å². The van der Waals surface area contributed by atoms with Gasteiger partial charge in [0.05, 0.1) is 26.5 Å². The molecule has 1 fully saturated rings. The van der Waals surface area contributed by atoms with E-state index in [0.717, 1.165) is 16.0 Å². The molecular weight excluding hydrogens is 360 g/mol. The quantitative estimate of drug-likeness (QED) is 0.744. The number of benzene rings is 2. The summed E-state index contributed by atoms with van der Waals surface area (Å²) in [5.41, 5.74) is 2.54. The molecular formula is C20H20N4O4. The highest BCUT2D eigenvalue weighted by atomic mass is 16.5. The van der Waals surface area contributed by atoms with Gasteiger partial charge in [-0.2, -0.15) is 5.11 Å². The second kappa shape index (κ2) is 6.95. The molecule has 1 saturated heterocycles. The fourth-order valence-electron chi connectivity index (χ4n) is 3.57. The highest BCUT2D eigenvalue weighted by Crippen LogP contribution is 2.36. The molecule has 28 heavy (non-hydrogen) atoms. The molecule has 2 heterocycles. The van der Waals surface area contributed by atoms with E-state index in [0.29, 0.717) is 23.7 Å². The van der Waals surface area contributed by atoms with Crippen LogP contribution in [0.25, 0.3) is 0 Å². The molecule has 4 rings (SSSR count). The number of amides is 2. The smallest absolute Gasteiger partial charge is 0.263 e. The number of carbonyl (C=O) groups is 2. The first-order chi connectivity index (χ1) is 13.5. The topological polar surface area (TPSA) is 83.8 Å². The molecule has 8 heteroatoms. The van der Waals surface area contributed by atoms with Crippen LogP contribution in [-0.4, -0.2) is 43.1 Å². The lowest BCUT2D eigenvalue weighted by Crippen LogP contribution is -2.39. The summed E-state index contributed by atoms with van der Waals surface area (Å²) in [7, 11) is 3.03. The van der Waals surface area contributed by atoms with Crippen LogP contribution in [0.2, 0.25) is 0 Å². The Morgan fingerprint density at radius 2 is 1.79 bits per heavy atom. The van der Waals surface area contributed by atoms with E-state index in [-0.39, 0.29) is 5.91 Å². The van der Waals surface area contributed by atoms with E-state index in [9.17, 15) is 9.59 Å². The Morgan fingerprint density at radius 3 is 2.50 bits per heavy atom. The van der Waals surface area contributed by atoms with Gasteiger partial charge in [0, 0.05) is 6.07 Å². The van der Waals surface area contributed by atoms with Gasteiger partial charge in [-0.15, -0.1) is 0 Å². The number of anilines is 1. The number of ether oxygens (including phenoxy) is 2. The van der Waals surface area contributed by atoms with Crippen LogP contribution in [0, 0.1) is 6.92 Å². The van der Waals surface area contributed by atoms with Crippen LogP contribution in [0.3, 0.4) is 0 Å². The first-order valence-electron chi connectivity index (χ1n) is 8.86. The first kappa shape index (κ1) is 18.0. The van der Waals surface area contributed by atoms with Gasteiger partial charge in [0.2, 0.25) is 0 Å². The summed E-state index contributed by atoms with van der Waals surface area (Å²) in [6.07, 6.45) is 0. The van der Waals surface area contributed by atoms with E-state index in [1.807, 2.05) is 31.2 Å². The highest BCUT2D eigenvalue weighted by molar-refractivity contribution is 6.25. The minimum absolute atomic E-state index is 0.347. The molecule has 2 atom stereocenters. The molecule has 2 unspecified atom stereocenters. The second-order valence-corrected chi connectivity index (χ2v) is 6.73. The Bertz CT molecular complexity index is 974. The average Bonchev–Trinajstić information content (AvgIpc) is 3.21. The van der Waals surface area contributed by atoms with Crippen LogP contribution in [0.4, 0.5) is 5.69 Å². The lowest BCUT2D eigenvalue weighted by Gasteiger charge is -2.21. The van der Waals surface area contributed by atoms with Gasteiger partial charge in [-0.25, -0.2) is 4.90 Å². The van der Waals surface area contributed by atoms with Gasteiger partial charge in [-0.3, -0.25) is 14.6 Å². The summed E-state index contributed by atoms with van der Waals surface area (Å²) >= 11 is 0. The fourth-order valence-corrected chi connectivity index (χ4v) is 3.57. The highest BCUT2D eigenvalue weighted by Gasteiger charge is 2.54. The lowest BCUT2D eigenvalue weighted by atomic mass is 10.1. The van der Waals surface area contributed by atoms with Crippen molar-refractivity contribution in [3.05, 3.63) is 53.6 Å². The minimum Gasteiger partial charge on any atom is -0.493 e. The van der Waals surface area contributed by atoms with Gasteiger partial charge >= 0.3 is 0 Å². The van der Waals surface area contributed by atoms with Crippen LogP contribution in [0.5, 0.6) is 11.5 Å². The van der Waals surface area contributed by atoms with Crippen LogP contribution in [-0.2, 0) is 16.1 Å². The van der Waals surface area contributed by atoms with E-state index in [4.69, 9.17) is 9.47 Å². The average molecular weight is 380 g/mol. The molecule has 0 N–H and O–H groups in total. The third-order valence-corrected chi connectivity index (χ3v) is 4.91. The molecule has 0 saturated carbocycles. The maximum Gasteiger partial charge on any atom is 0.263 e. The van der Waals surface area contributed by atoms with Gasteiger partial charge in [0.15, 0.2) is 23.6 Å². The van der Waals surface area contributed by atoms with Gasteiger partial charge in [0.1, 0.15) is 0 Å². The van der Waals surface area contributed by atoms with Crippen molar-refractivity contribution in [2.45, 2.75) is 25.6 Å². The van der Waals surface area contributed by atoms with Crippen molar-refractivity contribution in [1.29, 1.82) is 0 Å². The zero-order valence-electron chi connectivity index (χ0n) is 15.8. The number of fused-ring (bicyclic) bond motifs is 1. The SMILES string of the molecule is COc1ccc(N2C(=O)C3N=NN(Cc4cccc(C)c4)C3C2=O)cc1OC. The standard InChI is InChI=1S/C20H20N4O4/c1-12-5-4-6-13(9-12)11-23-18-17(21-22-23)19(25)24(20(18)26)14-7-8-15(27-2)16(10-14)28-3/h4-10,17-18H,11H2,1-3H3. The van der Waals surface area contributed by atoms with Gasteiger partial charge < -0.3 is 9.47 Å². The van der Waals surface area contributed by atoms with E-state index >= 15 is 0 Å². The fraction of sp³-hybridized carbons (Fsp3) is 0.300. The number of aryl methyl sites for hydroxylation is 1. The maximum absolute atomic E-state index is 13.1. The molecule has 0 spiro atoms. The van der Waals surface area contributed by atoms with E-state index in [1.54, 1.807) is 23.2 Å². The molecule has 2 aliphatic rings. The zero-order chi connectivity index (χ0) is 19.8. The molecule has 2 aliphatic heterocycles. The van der Waals surface area contributed by atoms with Gasteiger partial charge in [0.25, 0.3) is 11.8 Å². The molecule has 2 aromatic carbocycles.